The lowest BCUT2D eigenvalue weighted by molar-refractivity contribution is -0.168. The number of benzene rings is 2. The number of nitrogens with two attached hydrogens (primary N) is 1. The second-order valence-electron chi connectivity index (χ2n) is 6.60. The lowest BCUT2D eigenvalue weighted by Gasteiger charge is -2.29. The van der Waals surface area contributed by atoms with Crippen LogP contribution in [0.5, 0.6) is 0 Å². The lowest BCUT2D eigenvalue weighted by atomic mass is 9.94. The van der Waals surface area contributed by atoms with Crippen molar-refractivity contribution in [3.63, 3.8) is 0 Å². The van der Waals surface area contributed by atoms with E-state index >= 15 is 0 Å². The molecule has 142 valence electrons. The Labute approximate surface area is 157 Å². The zero-order valence-electron chi connectivity index (χ0n) is 15.3. The van der Waals surface area contributed by atoms with Crippen LogP contribution < -0.4 is 5.73 Å². The minimum absolute atomic E-state index is 0.0118. The Morgan fingerprint density at radius 1 is 1.11 bits per heavy atom. The SMILES string of the molecule is CCO[C@@H](C)[C@](N)(C(=O)O)C(=O)OCC1c2ccccc2-c2ccccc21. The molecule has 2 atom stereocenters. The first-order valence-electron chi connectivity index (χ1n) is 8.90. The number of rotatable bonds is 7. The number of carboxylic acid groups (broad SMARTS) is 1. The smallest absolute Gasteiger partial charge is 0.340 e. The molecule has 0 spiro atoms. The van der Waals surface area contributed by atoms with Crippen LogP contribution in [0.15, 0.2) is 48.5 Å². The molecule has 0 bridgehead atoms. The highest BCUT2D eigenvalue weighted by atomic mass is 16.5. The van der Waals surface area contributed by atoms with Crippen LogP contribution in [0, 0.1) is 0 Å². The largest absolute Gasteiger partial charge is 0.479 e. The number of hydrogen-bond acceptors (Lipinski definition) is 5. The van der Waals surface area contributed by atoms with Crippen molar-refractivity contribution in [2.75, 3.05) is 13.2 Å². The maximum Gasteiger partial charge on any atom is 0.340 e. The zero-order chi connectivity index (χ0) is 19.6. The van der Waals surface area contributed by atoms with E-state index in [1.807, 2.05) is 48.5 Å². The molecule has 0 saturated carbocycles. The molecule has 1 aliphatic rings. The maximum atomic E-state index is 12.6. The maximum absolute atomic E-state index is 12.6. The molecule has 6 heteroatoms. The number of fused-ring (bicyclic) bond motifs is 3. The van der Waals surface area contributed by atoms with Gasteiger partial charge in [-0.2, -0.15) is 0 Å². The third-order valence-corrected chi connectivity index (χ3v) is 5.09. The van der Waals surface area contributed by atoms with Crippen LogP contribution in [0.25, 0.3) is 11.1 Å². The molecular formula is C21H23NO5. The Morgan fingerprint density at radius 2 is 1.63 bits per heavy atom. The summed E-state index contributed by atoms with van der Waals surface area (Å²) in [6.07, 6.45) is -1.02. The Balaban J connectivity index is 1.84. The predicted molar refractivity (Wildman–Crippen MR) is 100 cm³/mol. The average Bonchev–Trinajstić information content (AvgIpc) is 2.99. The Kier molecular flexibility index (Phi) is 5.30. The number of hydrogen-bond donors (Lipinski definition) is 2. The van der Waals surface area contributed by atoms with Crippen molar-refractivity contribution in [1.29, 1.82) is 0 Å². The molecule has 2 aromatic carbocycles. The van der Waals surface area contributed by atoms with E-state index in [-0.39, 0.29) is 19.1 Å². The third-order valence-electron chi connectivity index (χ3n) is 5.09. The first-order chi connectivity index (χ1) is 12.9. The summed E-state index contributed by atoms with van der Waals surface area (Å²) in [5, 5.41) is 9.50. The molecule has 0 amide bonds. The fourth-order valence-corrected chi connectivity index (χ4v) is 3.53. The van der Waals surface area contributed by atoms with Gasteiger partial charge in [-0.15, -0.1) is 0 Å². The van der Waals surface area contributed by atoms with Gasteiger partial charge in [0, 0.05) is 12.5 Å². The van der Waals surface area contributed by atoms with E-state index < -0.39 is 23.6 Å². The molecule has 3 N–H and O–H groups in total. The van der Waals surface area contributed by atoms with Gasteiger partial charge >= 0.3 is 11.9 Å². The standard InChI is InChI=1S/C21H23NO5/c1-3-26-13(2)21(22,19(23)24)20(25)27-12-18-16-10-6-4-8-14(16)15-9-5-7-11-17(15)18/h4-11,13,18H,3,12,22H2,1-2H3,(H,23,24)/t13-,21-/m0/s1. The number of carbonyl (C=O) groups is 2. The molecule has 0 heterocycles. The fraction of sp³-hybridized carbons (Fsp3) is 0.333. The Morgan fingerprint density at radius 3 is 2.11 bits per heavy atom. The van der Waals surface area contributed by atoms with Crippen LogP contribution >= 0.6 is 0 Å². The van der Waals surface area contributed by atoms with E-state index in [1.54, 1.807) is 6.92 Å². The van der Waals surface area contributed by atoms with Gasteiger partial charge in [-0.3, -0.25) is 0 Å². The molecular weight excluding hydrogens is 346 g/mol. The zero-order valence-corrected chi connectivity index (χ0v) is 15.3. The van der Waals surface area contributed by atoms with E-state index in [0.29, 0.717) is 0 Å². The summed E-state index contributed by atoms with van der Waals surface area (Å²) in [4.78, 5) is 24.3. The van der Waals surface area contributed by atoms with E-state index in [9.17, 15) is 14.7 Å². The first-order valence-corrected chi connectivity index (χ1v) is 8.90. The highest BCUT2D eigenvalue weighted by molar-refractivity contribution is 6.04. The van der Waals surface area contributed by atoms with E-state index in [1.165, 1.54) is 6.92 Å². The quantitative estimate of drug-likeness (QED) is 0.575. The second kappa shape index (κ2) is 7.50. The summed E-state index contributed by atoms with van der Waals surface area (Å²) >= 11 is 0. The van der Waals surface area contributed by atoms with E-state index in [4.69, 9.17) is 15.2 Å². The first kappa shape index (κ1) is 19.1. The Hall–Kier alpha value is -2.70. The van der Waals surface area contributed by atoms with Crippen molar-refractivity contribution in [3.05, 3.63) is 59.7 Å². The summed E-state index contributed by atoms with van der Waals surface area (Å²) in [5.41, 5.74) is 7.90. The van der Waals surface area contributed by atoms with Crippen molar-refractivity contribution in [2.45, 2.75) is 31.4 Å². The summed E-state index contributed by atoms with van der Waals surface area (Å²) in [7, 11) is 0. The van der Waals surface area contributed by atoms with Crippen LogP contribution in [0.1, 0.15) is 30.9 Å². The number of carbonyl (C=O) groups excluding carboxylic acids is 1. The molecule has 1 aliphatic carbocycles. The highest BCUT2D eigenvalue weighted by Gasteiger charge is 2.50. The number of esters is 1. The van der Waals surface area contributed by atoms with Gasteiger partial charge in [-0.1, -0.05) is 48.5 Å². The minimum Gasteiger partial charge on any atom is -0.479 e. The van der Waals surface area contributed by atoms with Crippen LogP contribution in [-0.2, 0) is 19.1 Å². The molecule has 2 aromatic rings. The molecule has 27 heavy (non-hydrogen) atoms. The van der Waals surface area contributed by atoms with Crippen molar-refractivity contribution in [1.82, 2.24) is 0 Å². The average molecular weight is 369 g/mol. The van der Waals surface area contributed by atoms with Crippen molar-refractivity contribution in [3.8, 4) is 11.1 Å². The molecule has 0 aromatic heterocycles. The highest BCUT2D eigenvalue weighted by Crippen LogP contribution is 2.44. The van der Waals surface area contributed by atoms with E-state index in [2.05, 4.69) is 0 Å². The molecule has 0 radical (unpaired) electrons. The Bertz CT molecular complexity index is 820. The summed E-state index contributed by atoms with van der Waals surface area (Å²) in [5.74, 6) is -2.64. The van der Waals surface area contributed by atoms with Gasteiger partial charge in [0.1, 0.15) is 6.61 Å². The van der Waals surface area contributed by atoms with Crippen molar-refractivity contribution >= 4 is 11.9 Å². The molecule has 6 nitrogen and oxygen atoms in total. The van der Waals surface area contributed by atoms with E-state index in [0.717, 1.165) is 22.3 Å². The number of aliphatic carboxylic acids is 1. The fourth-order valence-electron chi connectivity index (χ4n) is 3.53. The summed E-state index contributed by atoms with van der Waals surface area (Å²) in [6, 6.07) is 15.8. The molecule has 0 fully saturated rings. The van der Waals surface area contributed by atoms with Crippen LogP contribution in [0.3, 0.4) is 0 Å². The van der Waals surface area contributed by atoms with Gasteiger partial charge in [0.15, 0.2) is 0 Å². The third kappa shape index (κ3) is 3.22. The minimum atomic E-state index is -2.26. The van der Waals surface area contributed by atoms with Gasteiger partial charge in [-0.05, 0) is 36.1 Å². The summed E-state index contributed by atoms with van der Waals surface area (Å²) in [6.45, 7) is 3.41. The molecule has 0 saturated heterocycles. The number of carboxylic acids is 1. The molecule has 0 aliphatic heterocycles. The monoisotopic (exact) mass is 369 g/mol. The predicted octanol–water partition coefficient (Wildman–Crippen LogP) is 2.55. The van der Waals surface area contributed by atoms with Crippen molar-refractivity contribution in [2.24, 2.45) is 5.73 Å². The van der Waals surface area contributed by atoms with Gasteiger partial charge < -0.3 is 20.3 Å². The van der Waals surface area contributed by atoms with Crippen LogP contribution in [0.2, 0.25) is 0 Å². The van der Waals surface area contributed by atoms with Gasteiger partial charge in [-0.25, -0.2) is 9.59 Å². The van der Waals surface area contributed by atoms with Crippen LogP contribution in [0.4, 0.5) is 0 Å². The molecule has 0 unspecified atom stereocenters. The van der Waals surface area contributed by atoms with Crippen LogP contribution in [-0.4, -0.2) is 41.9 Å². The van der Waals surface area contributed by atoms with Crippen molar-refractivity contribution < 1.29 is 24.2 Å². The number of ether oxygens (including phenoxy) is 2. The topological polar surface area (TPSA) is 98.9 Å². The molecule has 3 rings (SSSR count). The van der Waals surface area contributed by atoms with Gasteiger partial charge in [0.05, 0.1) is 6.10 Å². The van der Waals surface area contributed by atoms with Gasteiger partial charge in [0.25, 0.3) is 0 Å². The lowest BCUT2D eigenvalue weighted by Crippen LogP contribution is -2.63. The normalized spacial score (nSPS) is 16.1. The van der Waals surface area contributed by atoms with Gasteiger partial charge in [0.2, 0.25) is 5.54 Å². The summed E-state index contributed by atoms with van der Waals surface area (Å²) < 4.78 is 10.7. The second-order valence-corrected chi connectivity index (χ2v) is 6.60.